The normalized spacial score (nSPS) is 10.9. The van der Waals surface area contributed by atoms with E-state index in [9.17, 15) is 8.78 Å². The first kappa shape index (κ1) is 12.5. The topological polar surface area (TPSA) is 24.9 Å². The van der Waals surface area contributed by atoms with Crippen LogP contribution < -0.4 is 5.32 Å². The Hall–Kier alpha value is -1.53. The van der Waals surface area contributed by atoms with Gasteiger partial charge in [0.1, 0.15) is 11.6 Å². The van der Waals surface area contributed by atoms with Crippen LogP contribution >= 0.6 is 27.3 Å². The molecule has 1 aromatic heterocycles. The molecule has 0 spiro atoms. The summed E-state index contributed by atoms with van der Waals surface area (Å²) in [5.74, 6) is -0.676. The van der Waals surface area contributed by atoms with Crippen LogP contribution in [-0.2, 0) is 0 Å². The van der Waals surface area contributed by atoms with Gasteiger partial charge in [-0.25, -0.2) is 13.8 Å². The van der Waals surface area contributed by atoms with Crippen LogP contribution in [0.2, 0.25) is 0 Å². The van der Waals surface area contributed by atoms with E-state index in [2.05, 4.69) is 26.2 Å². The summed E-state index contributed by atoms with van der Waals surface area (Å²) in [7, 11) is 0. The van der Waals surface area contributed by atoms with E-state index in [1.165, 1.54) is 29.5 Å². The van der Waals surface area contributed by atoms with Crippen molar-refractivity contribution in [2.24, 2.45) is 0 Å². The van der Waals surface area contributed by atoms with E-state index in [4.69, 9.17) is 0 Å². The Balaban J connectivity index is 1.98. The first-order valence-corrected chi connectivity index (χ1v) is 7.01. The molecule has 0 radical (unpaired) electrons. The average Bonchev–Trinajstić information content (AvgIpc) is 2.75. The lowest BCUT2D eigenvalue weighted by atomic mass is 10.3. The van der Waals surface area contributed by atoms with E-state index < -0.39 is 0 Å². The van der Waals surface area contributed by atoms with Crippen molar-refractivity contribution in [2.75, 3.05) is 5.32 Å². The van der Waals surface area contributed by atoms with Gasteiger partial charge in [-0.3, -0.25) is 0 Å². The number of fused-ring (bicyclic) bond motifs is 1. The molecule has 0 aliphatic carbocycles. The highest BCUT2D eigenvalue weighted by Crippen LogP contribution is 2.30. The molecule has 1 heterocycles. The molecule has 3 aromatic rings. The molecule has 1 N–H and O–H groups in total. The lowest BCUT2D eigenvalue weighted by Gasteiger charge is -2.04. The maximum atomic E-state index is 13.6. The third-order valence-corrected chi connectivity index (χ3v) is 3.95. The molecule has 0 atom stereocenters. The zero-order chi connectivity index (χ0) is 13.4. The smallest absolute Gasteiger partial charge is 0.188 e. The number of hydrogen-bond donors (Lipinski definition) is 1. The molecule has 0 bridgehead atoms. The van der Waals surface area contributed by atoms with Gasteiger partial charge in [0, 0.05) is 4.47 Å². The third kappa shape index (κ3) is 2.59. The molecular formula is C13H7BrF2N2S. The molecule has 2 nitrogen and oxygen atoms in total. The molecule has 96 valence electrons. The van der Waals surface area contributed by atoms with Crippen LogP contribution in [-0.4, -0.2) is 4.98 Å². The zero-order valence-corrected chi connectivity index (χ0v) is 11.9. The summed E-state index contributed by atoms with van der Waals surface area (Å²) < 4.78 is 28.2. The van der Waals surface area contributed by atoms with Gasteiger partial charge >= 0.3 is 0 Å². The Morgan fingerprint density at radius 3 is 2.79 bits per heavy atom. The molecular weight excluding hydrogens is 334 g/mol. The summed E-state index contributed by atoms with van der Waals surface area (Å²) in [6, 6.07) is 8.97. The Labute approximate surface area is 120 Å². The largest absolute Gasteiger partial charge is 0.329 e. The molecule has 0 saturated carbocycles. The number of thiazole rings is 1. The lowest BCUT2D eigenvalue weighted by Crippen LogP contribution is -1.92. The maximum absolute atomic E-state index is 13.6. The Bertz CT molecular complexity index is 757. The van der Waals surface area contributed by atoms with Gasteiger partial charge in [0.05, 0.1) is 15.9 Å². The minimum atomic E-state index is -0.367. The van der Waals surface area contributed by atoms with Gasteiger partial charge in [-0.15, -0.1) is 0 Å². The summed E-state index contributed by atoms with van der Waals surface area (Å²) >= 11 is 4.56. The predicted octanol–water partition coefficient (Wildman–Crippen LogP) is 5.08. The summed E-state index contributed by atoms with van der Waals surface area (Å²) in [6.07, 6.45) is 0. The van der Waals surface area contributed by atoms with E-state index in [0.29, 0.717) is 16.3 Å². The first-order chi connectivity index (χ1) is 9.11. The van der Waals surface area contributed by atoms with Gasteiger partial charge in [-0.05, 0) is 36.4 Å². The highest BCUT2D eigenvalue weighted by Gasteiger charge is 2.08. The molecule has 0 unspecified atom stereocenters. The Morgan fingerprint density at radius 2 is 1.95 bits per heavy atom. The van der Waals surface area contributed by atoms with Crippen molar-refractivity contribution in [3.05, 3.63) is 52.5 Å². The SMILES string of the molecule is Fc1ccc2nc(Nc3cc(Br)ccc3F)sc2c1. The lowest BCUT2D eigenvalue weighted by molar-refractivity contribution is 0.630. The van der Waals surface area contributed by atoms with Gasteiger partial charge < -0.3 is 5.32 Å². The monoisotopic (exact) mass is 340 g/mol. The van der Waals surface area contributed by atoms with E-state index in [-0.39, 0.29) is 11.6 Å². The number of anilines is 2. The fraction of sp³-hybridized carbons (Fsp3) is 0. The number of hydrogen-bond acceptors (Lipinski definition) is 3. The van der Waals surface area contributed by atoms with Crippen molar-refractivity contribution < 1.29 is 8.78 Å². The van der Waals surface area contributed by atoms with E-state index in [1.807, 2.05) is 0 Å². The number of halogens is 3. The molecule has 2 aromatic carbocycles. The summed E-state index contributed by atoms with van der Waals surface area (Å²) in [5.41, 5.74) is 1.01. The van der Waals surface area contributed by atoms with E-state index in [1.54, 1.807) is 18.2 Å². The quantitative estimate of drug-likeness (QED) is 0.703. The van der Waals surface area contributed by atoms with Crippen LogP contribution in [0.15, 0.2) is 40.9 Å². The number of benzene rings is 2. The number of nitrogens with zero attached hydrogens (tertiary/aromatic N) is 1. The van der Waals surface area contributed by atoms with Crippen molar-refractivity contribution in [3.63, 3.8) is 0 Å². The van der Waals surface area contributed by atoms with Gasteiger partial charge in [-0.2, -0.15) is 0 Å². The van der Waals surface area contributed by atoms with Crippen LogP contribution in [0.4, 0.5) is 19.6 Å². The van der Waals surface area contributed by atoms with Crippen LogP contribution in [0, 0.1) is 11.6 Å². The van der Waals surface area contributed by atoms with Crippen LogP contribution in [0.3, 0.4) is 0 Å². The molecule has 3 rings (SSSR count). The van der Waals surface area contributed by atoms with E-state index in [0.717, 1.165) is 9.17 Å². The van der Waals surface area contributed by atoms with Crippen molar-refractivity contribution in [1.29, 1.82) is 0 Å². The number of nitrogens with one attached hydrogen (secondary N) is 1. The molecule has 19 heavy (non-hydrogen) atoms. The maximum Gasteiger partial charge on any atom is 0.188 e. The van der Waals surface area contributed by atoms with Crippen molar-refractivity contribution >= 4 is 48.3 Å². The first-order valence-electron chi connectivity index (χ1n) is 5.40. The fourth-order valence-electron chi connectivity index (χ4n) is 1.66. The molecule has 6 heteroatoms. The minimum absolute atomic E-state index is 0.309. The number of aromatic nitrogens is 1. The van der Waals surface area contributed by atoms with Crippen molar-refractivity contribution in [3.8, 4) is 0 Å². The second-order valence-corrected chi connectivity index (χ2v) is 5.83. The highest BCUT2D eigenvalue weighted by atomic mass is 79.9. The summed E-state index contributed by atoms with van der Waals surface area (Å²) in [4.78, 5) is 4.28. The fourth-order valence-corrected chi connectivity index (χ4v) is 2.92. The zero-order valence-electron chi connectivity index (χ0n) is 9.45. The minimum Gasteiger partial charge on any atom is -0.329 e. The molecule has 0 aliphatic rings. The molecule has 0 amide bonds. The summed E-state index contributed by atoms with van der Waals surface area (Å²) in [5, 5.41) is 3.43. The Kier molecular flexibility index (Phi) is 3.20. The van der Waals surface area contributed by atoms with Crippen molar-refractivity contribution in [1.82, 2.24) is 4.98 Å². The molecule has 0 fully saturated rings. The Morgan fingerprint density at radius 1 is 1.11 bits per heavy atom. The molecule has 0 saturated heterocycles. The average molecular weight is 341 g/mol. The van der Waals surface area contributed by atoms with Crippen LogP contribution in [0.1, 0.15) is 0 Å². The highest BCUT2D eigenvalue weighted by molar-refractivity contribution is 9.10. The number of rotatable bonds is 2. The molecule has 0 aliphatic heterocycles. The van der Waals surface area contributed by atoms with E-state index >= 15 is 0 Å². The standard InChI is InChI=1S/C13H7BrF2N2S/c14-7-1-3-9(16)11(5-7)18-13-17-10-4-2-8(15)6-12(10)19-13/h1-6H,(H,17,18). The third-order valence-electron chi connectivity index (χ3n) is 2.52. The predicted molar refractivity (Wildman–Crippen MR) is 77.0 cm³/mol. The van der Waals surface area contributed by atoms with Gasteiger partial charge in [-0.1, -0.05) is 27.3 Å². The van der Waals surface area contributed by atoms with Gasteiger partial charge in [0.25, 0.3) is 0 Å². The van der Waals surface area contributed by atoms with Crippen LogP contribution in [0.5, 0.6) is 0 Å². The van der Waals surface area contributed by atoms with Crippen molar-refractivity contribution in [2.45, 2.75) is 0 Å². The van der Waals surface area contributed by atoms with Gasteiger partial charge in [0.15, 0.2) is 5.13 Å². The van der Waals surface area contributed by atoms with Crippen LogP contribution in [0.25, 0.3) is 10.2 Å². The second-order valence-electron chi connectivity index (χ2n) is 3.88. The summed E-state index contributed by atoms with van der Waals surface area (Å²) in [6.45, 7) is 0. The van der Waals surface area contributed by atoms with Gasteiger partial charge in [0.2, 0.25) is 0 Å². The second kappa shape index (κ2) is 4.86.